The van der Waals surface area contributed by atoms with E-state index in [0.29, 0.717) is 12.2 Å². The first kappa shape index (κ1) is 28.1. The van der Waals surface area contributed by atoms with E-state index in [0.717, 1.165) is 63.6 Å². The fourth-order valence-corrected chi connectivity index (χ4v) is 5.65. The van der Waals surface area contributed by atoms with Crippen molar-refractivity contribution in [1.29, 1.82) is 0 Å². The quantitative estimate of drug-likeness (QED) is 0.333. The van der Waals surface area contributed by atoms with E-state index in [1.165, 1.54) is 5.01 Å². The minimum absolute atomic E-state index is 0.0711. The molecule has 2 atom stereocenters. The molecule has 1 saturated carbocycles. The van der Waals surface area contributed by atoms with Crippen molar-refractivity contribution in [3.8, 4) is 11.5 Å². The van der Waals surface area contributed by atoms with Gasteiger partial charge in [-0.1, -0.05) is 37.6 Å². The number of unbranched alkanes of at least 4 members (excludes halogenated alkanes) is 1. The number of hydrazone groups is 1. The summed E-state index contributed by atoms with van der Waals surface area (Å²) in [4.78, 5) is 53.5. The number of amides is 5. The van der Waals surface area contributed by atoms with E-state index in [2.05, 4.69) is 6.08 Å². The zero-order valence-corrected chi connectivity index (χ0v) is 23.5. The number of hydrogen-bond donors (Lipinski definition) is 0. The van der Waals surface area contributed by atoms with Crippen molar-refractivity contribution in [2.45, 2.75) is 45.1 Å². The molecule has 2 fully saturated rings. The number of benzene rings is 2. The first-order valence-electron chi connectivity index (χ1n) is 13.9. The molecule has 2 aliphatic heterocycles. The number of methoxy groups -OCH3 is 2. The molecule has 5 amide bonds. The molecule has 0 bridgehead atoms. The predicted octanol–water partition coefficient (Wildman–Crippen LogP) is 4.42. The van der Waals surface area contributed by atoms with Crippen LogP contribution in [-0.4, -0.2) is 71.6 Å². The third-order valence-electron chi connectivity index (χ3n) is 7.83. The van der Waals surface area contributed by atoms with Crippen molar-refractivity contribution in [1.82, 2.24) is 14.8 Å². The third-order valence-corrected chi connectivity index (χ3v) is 7.83. The van der Waals surface area contributed by atoms with Gasteiger partial charge in [-0.05, 0) is 72.7 Å². The number of nitrogens with zero attached hydrogens (tertiary/aromatic N) is 4. The van der Waals surface area contributed by atoms with Crippen LogP contribution in [0.4, 0.5) is 4.79 Å². The molecular formula is C31H34N4O6. The van der Waals surface area contributed by atoms with Crippen molar-refractivity contribution >= 4 is 35.5 Å². The van der Waals surface area contributed by atoms with Gasteiger partial charge in [-0.15, -0.1) is 0 Å². The normalized spacial score (nSPS) is 21.4. The summed E-state index contributed by atoms with van der Waals surface area (Å²) in [6.45, 7) is 1.52. The largest absolute Gasteiger partial charge is 0.497 e. The Morgan fingerprint density at radius 3 is 2.22 bits per heavy atom. The molecule has 2 unspecified atom stereocenters. The van der Waals surface area contributed by atoms with Crippen LogP contribution in [0.15, 0.2) is 59.2 Å². The zero-order valence-electron chi connectivity index (χ0n) is 23.5. The van der Waals surface area contributed by atoms with Crippen LogP contribution >= 0.6 is 0 Å². The SMILES string of the molecule is CCCCN1C(=O)C(=O)N(CC(=O)N2N=C3/C(=C/c4ccc(OC)cc4)CCCC3C2c2ccc(OC)cc2)C1=O. The first-order chi connectivity index (χ1) is 19.9. The molecule has 0 radical (unpaired) electrons. The van der Waals surface area contributed by atoms with E-state index >= 15 is 0 Å². The second-order valence-electron chi connectivity index (χ2n) is 10.4. The highest BCUT2D eigenvalue weighted by Crippen LogP contribution is 2.44. The lowest BCUT2D eigenvalue weighted by Crippen LogP contribution is -2.42. The fraction of sp³-hybridized carbons (Fsp3) is 0.387. The van der Waals surface area contributed by atoms with Gasteiger partial charge in [-0.25, -0.2) is 14.7 Å². The second-order valence-corrected chi connectivity index (χ2v) is 10.4. The number of imide groups is 2. The lowest BCUT2D eigenvalue weighted by Gasteiger charge is -2.30. The highest BCUT2D eigenvalue weighted by atomic mass is 16.5. The lowest BCUT2D eigenvalue weighted by atomic mass is 9.77. The highest BCUT2D eigenvalue weighted by Gasteiger charge is 2.48. The van der Waals surface area contributed by atoms with Gasteiger partial charge in [0.05, 0.1) is 26.0 Å². The summed E-state index contributed by atoms with van der Waals surface area (Å²) in [6.07, 6.45) is 5.97. The second kappa shape index (κ2) is 12.0. The van der Waals surface area contributed by atoms with Gasteiger partial charge in [-0.3, -0.25) is 19.3 Å². The average Bonchev–Trinajstić information content (AvgIpc) is 3.48. The van der Waals surface area contributed by atoms with Crippen LogP contribution in [0.3, 0.4) is 0 Å². The van der Waals surface area contributed by atoms with E-state index in [1.807, 2.05) is 55.5 Å². The molecular weight excluding hydrogens is 524 g/mol. The molecule has 214 valence electrons. The zero-order chi connectivity index (χ0) is 29.1. The summed E-state index contributed by atoms with van der Waals surface area (Å²) in [5.74, 6) is -1.02. The summed E-state index contributed by atoms with van der Waals surface area (Å²) in [5.41, 5.74) is 3.72. The molecule has 10 heteroatoms. The monoisotopic (exact) mass is 558 g/mol. The van der Waals surface area contributed by atoms with Gasteiger partial charge in [0, 0.05) is 12.5 Å². The molecule has 5 rings (SSSR count). The Kier molecular flexibility index (Phi) is 8.19. The number of ether oxygens (including phenoxy) is 2. The van der Waals surface area contributed by atoms with Crippen LogP contribution in [0, 0.1) is 5.92 Å². The minimum Gasteiger partial charge on any atom is -0.497 e. The lowest BCUT2D eigenvalue weighted by molar-refractivity contribution is -0.145. The van der Waals surface area contributed by atoms with Crippen LogP contribution in [-0.2, 0) is 14.4 Å². The summed E-state index contributed by atoms with van der Waals surface area (Å²) in [7, 11) is 3.22. The van der Waals surface area contributed by atoms with E-state index in [9.17, 15) is 19.2 Å². The molecule has 1 aliphatic carbocycles. The van der Waals surface area contributed by atoms with Gasteiger partial charge in [-0.2, -0.15) is 5.10 Å². The van der Waals surface area contributed by atoms with Crippen LogP contribution < -0.4 is 9.47 Å². The third kappa shape index (κ3) is 5.46. The standard InChI is InChI=1S/C31H34N4O6/c1-4-5-17-33-29(37)30(38)34(31(33)39)19-26(36)35-28(21-11-15-24(41-3)16-12-21)25-8-6-7-22(27(25)32-35)18-20-9-13-23(40-2)14-10-20/h9-16,18,25,28H,4-8,17,19H2,1-3H3/b22-18+. The molecule has 0 spiro atoms. The van der Waals surface area contributed by atoms with Crippen LogP contribution in [0.1, 0.15) is 56.2 Å². The van der Waals surface area contributed by atoms with Gasteiger partial charge < -0.3 is 9.47 Å². The van der Waals surface area contributed by atoms with E-state index in [-0.39, 0.29) is 12.5 Å². The number of urea groups is 1. The van der Waals surface area contributed by atoms with Crippen LogP contribution in [0.2, 0.25) is 0 Å². The topological polar surface area (TPSA) is 109 Å². The van der Waals surface area contributed by atoms with Crippen molar-refractivity contribution in [3.05, 3.63) is 65.2 Å². The average molecular weight is 559 g/mol. The first-order valence-corrected chi connectivity index (χ1v) is 13.9. The van der Waals surface area contributed by atoms with E-state index < -0.39 is 36.3 Å². The number of rotatable bonds is 9. The van der Waals surface area contributed by atoms with Crippen LogP contribution in [0.25, 0.3) is 6.08 Å². The Labute approximate surface area is 239 Å². The number of carbonyl (C=O) groups excluding carboxylic acids is 4. The molecule has 0 N–H and O–H groups in total. The van der Waals surface area contributed by atoms with Gasteiger partial charge in [0.1, 0.15) is 18.0 Å². The van der Waals surface area contributed by atoms with E-state index in [4.69, 9.17) is 14.6 Å². The fourth-order valence-electron chi connectivity index (χ4n) is 5.65. The van der Waals surface area contributed by atoms with Crippen molar-refractivity contribution < 1.29 is 28.7 Å². The maximum atomic E-state index is 13.8. The number of allylic oxidation sites excluding steroid dienone is 1. The smallest absolute Gasteiger partial charge is 0.334 e. The Balaban J connectivity index is 1.47. The van der Waals surface area contributed by atoms with Gasteiger partial charge in [0.2, 0.25) is 0 Å². The van der Waals surface area contributed by atoms with E-state index in [1.54, 1.807) is 14.2 Å². The Morgan fingerprint density at radius 1 is 0.951 bits per heavy atom. The maximum absolute atomic E-state index is 13.8. The molecule has 0 aromatic heterocycles. The molecule has 3 aliphatic rings. The van der Waals surface area contributed by atoms with Crippen molar-refractivity contribution in [2.24, 2.45) is 11.0 Å². The van der Waals surface area contributed by atoms with Crippen molar-refractivity contribution in [3.63, 3.8) is 0 Å². The van der Waals surface area contributed by atoms with Crippen LogP contribution in [0.5, 0.6) is 11.5 Å². The molecule has 2 heterocycles. The summed E-state index contributed by atoms with van der Waals surface area (Å²) >= 11 is 0. The summed E-state index contributed by atoms with van der Waals surface area (Å²) in [5, 5.41) is 6.23. The Hall–Kier alpha value is -4.47. The van der Waals surface area contributed by atoms with Gasteiger partial charge in [0.15, 0.2) is 0 Å². The molecule has 41 heavy (non-hydrogen) atoms. The molecule has 10 nitrogen and oxygen atoms in total. The summed E-state index contributed by atoms with van der Waals surface area (Å²) < 4.78 is 10.6. The number of fused-ring (bicyclic) bond motifs is 1. The minimum atomic E-state index is -0.982. The Bertz CT molecular complexity index is 1400. The highest BCUT2D eigenvalue weighted by molar-refractivity contribution is 6.45. The summed E-state index contributed by atoms with van der Waals surface area (Å²) in [6, 6.07) is 14.0. The Morgan fingerprint density at radius 2 is 1.59 bits per heavy atom. The number of hydrogen-bond acceptors (Lipinski definition) is 7. The predicted molar refractivity (Wildman–Crippen MR) is 152 cm³/mol. The van der Waals surface area contributed by atoms with Gasteiger partial charge in [0.25, 0.3) is 5.91 Å². The molecule has 2 aromatic carbocycles. The molecule has 2 aromatic rings. The van der Waals surface area contributed by atoms with Crippen molar-refractivity contribution in [2.75, 3.05) is 27.3 Å². The molecule has 1 saturated heterocycles. The van der Waals surface area contributed by atoms with Gasteiger partial charge >= 0.3 is 17.8 Å². The maximum Gasteiger partial charge on any atom is 0.334 e. The number of carbonyl (C=O) groups is 4.